The fraction of sp³-hybridized carbons (Fsp3) is 0.300. The Balaban J connectivity index is 1.94. The van der Waals surface area contributed by atoms with Crippen molar-refractivity contribution >= 4 is 34.5 Å². The lowest BCUT2D eigenvalue weighted by Crippen LogP contribution is -2.39. The Morgan fingerprint density at radius 3 is 2.63 bits per heavy atom. The van der Waals surface area contributed by atoms with E-state index in [0.29, 0.717) is 16.4 Å². The van der Waals surface area contributed by atoms with E-state index in [4.69, 9.17) is 16.3 Å². The molecule has 0 aliphatic carbocycles. The third-order valence-electron chi connectivity index (χ3n) is 5.02. The van der Waals surface area contributed by atoms with Gasteiger partial charge in [0.15, 0.2) is 11.2 Å². The second-order valence-electron chi connectivity index (χ2n) is 6.94. The van der Waals surface area contributed by atoms with Crippen molar-refractivity contribution < 1.29 is 9.53 Å². The average molecular weight is 430 g/mol. The molecule has 0 fully saturated rings. The molecule has 3 aromatic heterocycles. The zero-order valence-electron chi connectivity index (χ0n) is 16.8. The maximum absolute atomic E-state index is 13.3. The van der Waals surface area contributed by atoms with Gasteiger partial charge in [0.2, 0.25) is 5.78 Å². The molecule has 0 N–H and O–H groups in total. The van der Waals surface area contributed by atoms with Crippen LogP contribution in [0.1, 0.15) is 18.2 Å². The molecule has 0 unspecified atom stereocenters. The summed E-state index contributed by atoms with van der Waals surface area (Å²) in [6, 6.07) is 7.06. The van der Waals surface area contributed by atoms with Crippen LogP contribution < -0.4 is 11.2 Å². The summed E-state index contributed by atoms with van der Waals surface area (Å²) in [5, 5.41) is 0.474. The Morgan fingerprint density at radius 2 is 1.93 bits per heavy atom. The molecule has 4 rings (SSSR count). The second kappa shape index (κ2) is 7.49. The van der Waals surface area contributed by atoms with Crippen molar-refractivity contribution in [3.05, 3.63) is 67.6 Å². The highest BCUT2D eigenvalue weighted by atomic mass is 35.5. The third-order valence-corrected chi connectivity index (χ3v) is 5.39. The molecule has 0 bridgehead atoms. The normalized spacial score (nSPS) is 11.5. The van der Waals surface area contributed by atoms with Crippen LogP contribution in [0.3, 0.4) is 0 Å². The number of carbonyl (C=O) groups is 1. The van der Waals surface area contributed by atoms with Gasteiger partial charge in [0.05, 0.1) is 13.2 Å². The summed E-state index contributed by atoms with van der Waals surface area (Å²) in [4.78, 5) is 42.6. The van der Waals surface area contributed by atoms with Gasteiger partial charge in [-0.1, -0.05) is 29.8 Å². The van der Waals surface area contributed by atoms with Gasteiger partial charge in [0, 0.05) is 24.0 Å². The van der Waals surface area contributed by atoms with Crippen LogP contribution in [0.15, 0.2) is 40.1 Å². The maximum Gasteiger partial charge on any atom is 0.332 e. The molecule has 0 aliphatic heterocycles. The standard InChI is InChI=1S/C20H20ClN5O4/c1-4-30-15(27)11-24-12(2)9-25-16-17(22-19(24)25)23(3)20(29)26(18(16)28)10-13-7-5-6-8-14(13)21/h5-9H,4,10-11H2,1-3H3. The molecule has 3 heterocycles. The van der Waals surface area contributed by atoms with Crippen LogP contribution in [-0.4, -0.2) is 35.7 Å². The summed E-state index contributed by atoms with van der Waals surface area (Å²) >= 11 is 6.22. The zero-order valence-corrected chi connectivity index (χ0v) is 17.5. The molecule has 4 aromatic rings. The van der Waals surface area contributed by atoms with Gasteiger partial charge in [-0.05, 0) is 25.5 Å². The van der Waals surface area contributed by atoms with Crippen molar-refractivity contribution in [2.75, 3.05) is 6.61 Å². The highest BCUT2D eigenvalue weighted by Crippen LogP contribution is 2.18. The van der Waals surface area contributed by atoms with Crippen molar-refractivity contribution in [2.24, 2.45) is 7.05 Å². The van der Waals surface area contributed by atoms with Crippen molar-refractivity contribution in [3.8, 4) is 0 Å². The van der Waals surface area contributed by atoms with Gasteiger partial charge in [-0.3, -0.25) is 23.1 Å². The van der Waals surface area contributed by atoms with Crippen LogP contribution in [0.25, 0.3) is 16.9 Å². The number of aryl methyl sites for hydroxylation is 2. The molecule has 0 saturated carbocycles. The number of hydrogen-bond acceptors (Lipinski definition) is 5. The Morgan fingerprint density at radius 1 is 1.20 bits per heavy atom. The van der Waals surface area contributed by atoms with E-state index in [1.807, 2.05) is 6.92 Å². The number of ether oxygens (including phenoxy) is 1. The summed E-state index contributed by atoms with van der Waals surface area (Å²) in [5.74, 6) is -0.0195. The van der Waals surface area contributed by atoms with Gasteiger partial charge < -0.3 is 9.30 Å². The summed E-state index contributed by atoms with van der Waals surface area (Å²) in [7, 11) is 1.56. The SMILES string of the molecule is CCOC(=O)Cn1c(C)cn2c3c(=O)n(Cc4ccccc4Cl)c(=O)n(C)c3nc12. The number of esters is 1. The predicted octanol–water partition coefficient (Wildman–Crippen LogP) is 1.72. The summed E-state index contributed by atoms with van der Waals surface area (Å²) in [6.45, 7) is 3.81. The molecule has 0 spiro atoms. The maximum atomic E-state index is 13.3. The second-order valence-corrected chi connectivity index (χ2v) is 7.35. The van der Waals surface area contributed by atoms with E-state index in [0.717, 1.165) is 10.3 Å². The minimum Gasteiger partial charge on any atom is -0.465 e. The highest BCUT2D eigenvalue weighted by molar-refractivity contribution is 6.31. The number of imidazole rings is 2. The van der Waals surface area contributed by atoms with Crippen LogP contribution in [0, 0.1) is 6.92 Å². The fourth-order valence-electron chi connectivity index (χ4n) is 3.52. The predicted molar refractivity (Wildman–Crippen MR) is 112 cm³/mol. The first-order valence-electron chi connectivity index (χ1n) is 9.40. The zero-order chi connectivity index (χ0) is 21.6. The molecule has 0 amide bonds. The molecule has 1 aromatic carbocycles. The van der Waals surface area contributed by atoms with Crippen LogP contribution in [0.5, 0.6) is 0 Å². The van der Waals surface area contributed by atoms with Crippen LogP contribution in [0.4, 0.5) is 0 Å². The molecule has 0 atom stereocenters. The number of aromatic nitrogens is 5. The molecule has 0 saturated heterocycles. The van der Waals surface area contributed by atoms with Gasteiger partial charge in [-0.2, -0.15) is 4.98 Å². The number of halogens is 1. The number of benzene rings is 1. The van der Waals surface area contributed by atoms with Gasteiger partial charge in [0.1, 0.15) is 6.54 Å². The first kappa shape index (κ1) is 20.0. The van der Waals surface area contributed by atoms with E-state index in [1.165, 1.54) is 4.57 Å². The van der Waals surface area contributed by atoms with Crippen LogP contribution in [0.2, 0.25) is 5.02 Å². The van der Waals surface area contributed by atoms with Crippen molar-refractivity contribution in [3.63, 3.8) is 0 Å². The highest BCUT2D eigenvalue weighted by Gasteiger charge is 2.21. The van der Waals surface area contributed by atoms with E-state index in [-0.39, 0.29) is 30.9 Å². The van der Waals surface area contributed by atoms with Crippen LogP contribution >= 0.6 is 11.6 Å². The minimum absolute atomic E-state index is 0.0386. The van der Waals surface area contributed by atoms with E-state index in [2.05, 4.69) is 4.98 Å². The summed E-state index contributed by atoms with van der Waals surface area (Å²) in [5.41, 5.74) is 0.918. The van der Waals surface area contributed by atoms with E-state index in [9.17, 15) is 14.4 Å². The monoisotopic (exact) mass is 429 g/mol. The molecule has 30 heavy (non-hydrogen) atoms. The molecule has 10 heteroatoms. The number of fused-ring (bicyclic) bond motifs is 3. The molecule has 0 aliphatic rings. The van der Waals surface area contributed by atoms with Gasteiger partial charge in [0.25, 0.3) is 5.56 Å². The van der Waals surface area contributed by atoms with Crippen molar-refractivity contribution in [1.29, 1.82) is 0 Å². The molecular weight excluding hydrogens is 410 g/mol. The van der Waals surface area contributed by atoms with Crippen molar-refractivity contribution in [2.45, 2.75) is 26.9 Å². The van der Waals surface area contributed by atoms with E-state index >= 15 is 0 Å². The van der Waals surface area contributed by atoms with Crippen molar-refractivity contribution in [1.82, 2.24) is 23.1 Å². The number of carbonyl (C=O) groups excluding carboxylic acids is 1. The number of rotatable bonds is 5. The topological polar surface area (TPSA) is 92.5 Å². The molecule has 0 radical (unpaired) electrons. The summed E-state index contributed by atoms with van der Waals surface area (Å²) in [6.07, 6.45) is 1.72. The molecular formula is C20H20ClN5O4. The quantitative estimate of drug-likeness (QED) is 0.450. The van der Waals surface area contributed by atoms with Crippen LogP contribution in [-0.2, 0) is 29.7 Å². The minimum atomic E-state index is -0.498. The fourth-order valence-corrected chi connectivity index (χ4v) is 3.72. The first-order valence-corrected chi connectivity index (χ1v) is 9.78. The lowest BCUT2D eigenvalue weighted by Gasteiger charge is -2.09. The Labute approximate surface area is 175 Å². The smallest absolute Gasteiger partial charge is 0.332 e. The van der Waals surface area contributed by atoms with E-state index < -0.39 is 17.2 Å². The molecule has 9 nitrogen and oxygen atoms in total. The lowest BCUT2D eigenvalue weighted by atomic mass is 10.2. The van der Waals surface area contributed by atoms with E-state index in [1.54, 1.807) is 53.4 Å². The van der Waals surface area contributed by atoms with Gasteiger partial charge >= 0.3 is 11.7 Å². The average Bonchev–Trinajstić information content (AvgIpc) is 3.21. The van der Waals surface area contributed by atoms with Gasteiger partial charge in [-0.15, -0.1) is 0 Å². The summed E-state index contributed by atoms with van der Waals surface area (Å²) < 4.78 is 10.7. The number of hydrogen-bond donors (Lipinski definition) is 0. The largest absolute Gasteiger partial charge is 0.465 e. The Hall–Kier alpha value is -3.33. The Bertz CT molecular complexity index is 1410. The molecule has 156 valence electrons. The number of nitrogens with zero attached hydrogens (tertiary/aromatic N) is 5. The first-order chi connectivity index (χ1) is 14.3. The lowest BCUT2D eigenvalue weighted by molar-refractivity contribution is -0.143. The van der Waals surface area contributed by atoms with Gasteiger partial charge in [-0.25, -0.2) is 4.79 Å². The Kier molecular flexibility index (Phi) is 4.98. The third kappa shape index (κ3) is 3.11.